The number of thioether (sulfide) groups is 1. The zero-order chi connectivity index (χ0) is 13.2. The second-order valence-corrected chi connectivity index (χ2v) is 6.14. The zero-order valence-electron chi connectivity index (χ0n) is 11.4. The molecule has 104 valence electrons. The number of fused-ring (bicyclic) bond motifs is 1. The minimum atomic E-state index is 0.0315. The zero-order valence-corrected chi connectivity index (χ0v) is 12.2. The van der Waals surface area contributed by atoms with Crippen molar-refractivity contribution in [1.29, 1.82) is 0 Å². The highest BCUT2D eigenvalue weighted by atomic mass is 32.2. The number of anilines is 1. The predicted octanol–water partition coefficient (Wildman–Crippen LogP) is 0.944. The highest BCUT2D eigenvalue weighted by Gasteiger charge is 2.25. The first-order valence-electron chi connectivity index (χ1n) is 7.04. The van der Waals surface area contributed by atoms with Crippen molar-refractivity contribution in [1.82, 2.24) is 15.3 Å². The summed E-state index contributed by atoms with van der Waals surface area (Å²) < 4.78 is 0. The number of hydrogen-bond donors (Lipinski definition) is 2. The van der Waals surface area contributed by atoms with Crippen molar-refractivity contribution in [3.8, 4) is 0 Å². The van der Waals surface area contributed by atoms with Gasteiger partial charge in [-0.15, -0.1) is 11.8 Å². The van der Waals surface area contributed by atoms with Crippen molar-refractivity contribution >= 4 is 17.7 Å². The van der Waals surface area contributed by atoms with Crippen LogP contribution in [0.4, 0.5) is 5.95 Å². The van der Waals surface area contributed by atoms with Crippen LogP contribution in [-0.2, 0) is 6.42 Å². The fourth-order valence-electron chi connectivity index (χ4n) is 2.53. The topological polar surface area (TPSA) is 67.1 Å². The van der Waals surface area contributed by atoms with Crippen LogP contribution in [0.25, 0.3) is 0 Å². The molecule has 3 rings (SSSR count). The Balaban J connectivity index is 1.97. The Hall–Kier alpha value is -0.850. The molecule has 1 aromatic rings. The molecule has 1 fully saturated rings. The summed E-state index contributed by atoms with van der Waals surface area (Å²) in [5.41, 5.74) is 8.49. The molecule has 0 radical (unpaired) electrons. The Bertz CT molecular complexity index is 459. The molecule has 0 spiro atoms. The number of rotatable bonds is 3. The van der Waals surface area contributed by atoms with E-state index in [4.69, 9.17) is 15.7 Å². The van der Waals surface area contributed by atoms with Gasteiger partial charge in [0, 0.05) is 44.4 Å². The van der Waals surface area contributed by atoms with Gasteiger partial charge in [0.05, 0.1) is 16.3 Å². The number of nitrogens with zero attached hydrogens (tertiary/aromatic N) is 3. The van der Waals surface area contributed by atoms with E-state index >= 15 is 0 Å². The van der Waals surface area contributed by atoms with Crippen LogP contribution in [0.3, 0.4) is 0 Å². The average Bonchev–Trinajstić information content (AvgIpc) is 2.94. The van der Waals surface area contributed by atoms with Gasteiger partial charge in [-0.05, 0) is 6.42 Å². The molecule has 0 saturated carbocycles. The van der Waals surface area contributed by atoms with E-state index < -0.39 is 0 Å². The van der Waals surface area contributed by atoms with Crippen molar-refractivity contribution in [3.05, 3.63) is 11.4 Å². The van der Waals surface area contributed by atoms with Crippen LogP contribution >= 0.6 is 11.8 Å². The first-order chi connectivity index (χ1) is 9.29. The third-order valence-electron chi connectivity index (χ3n) is 3.73. The predicted molar refractivity (Wildman–Crippen MR) is 78.8 cm³/mol. The number of nitrogens with one attached hydrogen (secondary N) is 1. The fraction of sp³-hybridized carbons (Fsp3) is 0.692. The largest absolute Gasteiger partial charge is 0.338 e. The third kappa shape index (κ3) is 2.57. The summed E-state index contributed by atoms with van der Waals surface area (Å²) in [5, 5.41) is 3.36. The maximum absolute atomic E-state index is 6.23. The summed E-state index contributed by atoms with van der Waals surface area (Å²) in [6.45, 7) is 6.08. The fourth-order valence-corrected chi connectivity index (χ4v) is 3.69. The lowest BCUT2D eigenvalue weighted by molar-refractivity contribution is 0.572. The van der Waals surface area contributed by atoms with E-state index in [9.17, 15) is 0 Å². The summed E-state index contributed by atoms with van der Waals surface area (Å²) in [7, 11) is 0. The van der Waals surface area contributed by atoms with E-state index in [1.54, 1.807) is 0 Å². The number of piperazine rings is 1. The van der Waals surface area contributed by atoms with Crippen LogP contribution in [0.15, 0.2) is 4.90 Å². The van der Waals surface area contributed by atoms with Gasteiger partial charge in [0.25, 0.3) is 0 Å². The van der Waals surface area contributed by atoms with Crippen LogP contribution in [0.2, 0.25) is 0 Å². The van der Waals surface area contributed by atoms with Gasteiger partial charge in [0.15, 0.2) is 0 Å². The van der Waals surface area contributed by atoms with Crippen molar-refractivity contribution in [2.75, 3.05) is 36.8 Å². The molecule has 1 aromatic heterocycles. The Morgan fingerprint density at radius 3 is 2.89 bits per heavy atom. The van der Waals surface area contributed by atoms with E-state index in [0.717, 1.165) is 56.4 Å². The van der Waals surface area contributed by atoms with Gasteiger partial charge < -0.3 is 16.0 Å². The van der Waals surface area contributed by atoms with Crippen LogP contribution in [0.5, 0.6) is 0 Å². The summed E-state index contributed by atoms with van der Waals surface area (Å²) >= 11 is 1.86. The molecule has 1 saturated heterocycles. The first kappa shape index (κ1) is 13.1. The van der Waals surface area contributed by atoms with Crippen molar-refractivity contribution in [2.24, 2.45) is 5.73 Å². The molecule has 0 bridgehead atoms. The first-order valence-corrected chi connectivity index (χ1v) is 8.03. The van der Waals surface area contributed by atoms with Crippen molar-refractivity contribution < 1.29 is 0 Å². The molecule has 19 heavy (non-hydrogen) atoms. The summed E-state index contributed by atoms with van der Waals surface area (Å²) in [5.74, 6) is 1.99. The van der Waals surface area contributed by atoms with E-state index in [2.05, 4.69) is 17.1 Å². The van der Waals surface area contributed by atoms with Gasteiger partial charge in [0.1, 0.15) is 0 Å². The molecule has 3 N–H and O–H groups in total. The quantitative estimate of drug-likeness (QED) is 0.858. The number of aromatic nitrogens is 2. The minimum absolute atomic E-state index is 0.0315. The molecule has 6 heteroatoms. The normalized spacial score (nSPS) is 20.4. The van der Waals surface area contributed by atoms with E-state index in [-0.39, 0.29) is 6.04 Å². The van der Waals surface area contributed by atoms with Crippen LogP contribution in [-0.4, -0.2) is 41.9 Å². The van der Waals surface area contributed by atoms with Gasteiger partial charge in [-0.2, -0.15) is 0 Å². The molecule has 2 aliphatic rings. The molecule has 1 unspecified atom stereocenters. The molecule has 3 heterocycles. The SMILES string of the molecule is CCC(N)c1nc(N2CCNCC2)nc2c1SCC2. The van der Waals surface area contributed by atoms with Gasteiger partial charge in [0.2, 0.25) is 5.95 Å². The number of nitrogens with two attached hydrogens (primary N) is 1. The monoisotopic (exact) mass is 279 g/mol. The second-order valence-electron chi connectivity index (χ2n) is 5.03. The summed E-state index contributed by atoms with van der Waals surface area (Å²) in [4.78, 5) is 13.1. The molecular weight excluding hydrogens is 258 g/mol. The molecule has 0 aromatic carbocycles. The van der Waals surface area contributed by atoms with Crippen molar-refractivity contribution in [2.45, 2.75) is 30.7 Å². The van der Waals surface area contributed by atoms with Crippen LogP contribution < -0.4 is 16.0 Å². The summed E-state index contributed by atoms with van der Waals surface area (Å²) in [6, 6.07) is 0.0315. The highest BCUT2D eigenvalue weighted by Crippen LogP contribution is 2.36. The van der Waals surface area contributed by atoms with Gasteiger partial charge in [-0.25, -0.2) is 9.97 Å². The maximum atomic E-state index is 6.23. The molecular formula is C13H21N5S. The van der Waals surface area contributed by atoms with Crippen molar-refractivity contribution in [3.63, 3.8) is 0 Å². The molecule has 2 aliphatic heterocycles. The smallest absolute Gasteiger partial charge is 0.226 e. The lowest BCUT2D eigenvalue weighted by Crippen LogP contribution is -2.44. The van der Waals surface area contributed by atoms with Gasteiger partial charge in [-0.1, -0.05) is 6.92 Å². The van der Waals surface area contributed by atoms with E-state index in [1.807, 2.05) is 11.8 Å². The Morgan fingerprint density at radius 2 is 2.16 bits per heavy atom. The molecule has 1 atom stereocenters. The van der Waals surface area contributed by atoms with Gasteiger partial charge >= 0.3 is 0 Å². The lowest BCUT2D eigenvalue weighted by atomic mass is 10.1. The van der Waals surface area contributed by atoms with E-state index in [1.165, 1.54) is 10.6 Å². The van der Waals surface area contributed by atoms with Crippen LogP contribution in [0, 0.1) is 0 Å². The minimum Gasteiger partial charge on any atom is -0.338 e. The maximum Gasteiger partial charge on any atom is 0.226 e. The molecule has 0 amide bonds. The third-order valence-corrected chi connectivity index (χ3v) is 4.87. The Kier molecular flexibility index (Phi) is 3.91. The van der Waals surface area contributed by atoms with E-state index in [0.29, 0.717) is 0 Å². The number of aryl methyl sites for hydroxylation is 1. The van der Waals surface area contributed by atoms with Gasteiger partial charge in [-0.3, -0.25) is 0 Å². The Labute approximate surface area is 118 Å². The molecule has 0 aliphatic carbocycles. The summed E-state index contributed by atoms with van der Waals surface area (Å²) in [6.07, 6.45) is 1.97. The lowest BCUT2D eigenvalue weighted by Gasteiger charge is -2.28. The average molecular weight is 279 g/mol. The standard InChI is InChI=1S/C13H21N5S/c1-2-9(14)11-12-10(3-8-19-12)16-13(17-11)18-6-4-15-5-7-18/h9,15H,2-8,14H2,1H3. The molecule has 5 nitrogen and oxygen atoms in total. The second kappa shape index (κ2) is 5.64. The Morgan fingerprint density at radius 1 is 1.37 bits per heavy atom. The number of hydrogen-bond acceptors (Lipinski definition) is 6. The highest BCUT2D eigenvalue weighted by molar-refractivity contribution is 7.99. The van der Waals surface area contributed by atoms with Crippen LogP contribution in [0.1, 0.15) is 30.8 Å².